The zero-order valence-electron chi connectivity index (χ0n) is 12.5. The minimum atomic E-state index is -0.0813. The predicted octanol–water partition coefficient (Wildman–Crippen LogP) is 3.23. The van der Waals surface area contributed by atoms with E-state index in [0.717, 1.165) is 16.8 Å². The maximum absolute atomic E-state index is 12.4. The van der Waals surface area contributed by atoms with Gasteiger partial charge in [-0.2, -0.15) is 0 Å². The smallest absolute Gasteiger partial charge is 0.254 e. The van der Waals surface area contributed by atoms with E-state index in [-0.39, 0.29) is 17.9 Å². The monoisotopic (exact) mass is 294 g/mol. The van der Waals surface area contributed by atoms with Crippen molar-refractivity contribution in [1.82, 2.24) is 4.90 Å². The number of anilines is 1. The number of benzene rings is 2. The van der Waals surface area contributed by atoms with Gasteiger partial charge in [-0.05, 0) is 30.7 Å². The van der Waals surface area contributed by atoms with E-state index in [2.05, 4.69) is 5.32 Å². The number of nitrogens with zero attached hydrogens (tertiary/aromatic N) is 1. The first-order valence-electron chi connectivity index (χ1n) is 7.41. The normalized spacial score (nSPS) is 16.5. The summed E-state index contributed by atoms with van der Waals surface area (Å²) in [6.45, 7) is 2.42. The van der Waals surface area contributed by atoms with Crippen molar-refractivity contribution in [2.75, 3.05) is 11.9 Å². The number of carbonyl (C=O) groups is 2. The standard InChI is InChI=1S/C18H18N2O2/c1-13-15-9-5-6-10-16(15)18(22)20(13)12-11-17(21)19-14-7-3-2-4-8-14/h2-10,13H,11-12H2,1H3,(H,19,21). The highest BCUT2D eigenvalue weighted by Crippen LogP contribution is 2.32. The number of fused-ring (bicyclic) bond motifs is 1. The Balaban J connectivity index is 1.61. The lowest BCUT2D eigenvalue weighted by Gasteiger charge is -2.21. The van der Waals surface area contributed by atoms with E-state index in [1.807, 2.05) is 61.5 Å². The van der Waals surface area contributed by atoms with Gasteiger partial charge in [0.05, 0.1) is 6.04 Å². The summed E-state index contributed by atoms with van der Waals surface area (Å²) < 4.78 is 0. The Hall–Kier alpha value is -2.62. The average molecular weight is 294 g/mol. The number of nitrogens with one attached hydrogen (secondary N) is 1. The van der Waals surface area contributed by atoms with E-state index in [1.165, 1.54) is 0 Å². The van der Waals surface area contributed by atoms with Crippen molar-refractivity contribution in [2.24, 2.45) is 0 Å². The van der Waals surface area contributed by atoms with Crippen LogP contribution in [0, 0.1) is 0 Å². The second-order valence-electron chi connectivity index (χ2n) is 5.43. The van der Waals surface area contributed by atoms with Crippen LogP contribution in [-0.4, -0.2) is 23.3 Å². The fourth-order valence-electron chi connectivity index (χ4n) is 2.82. The van der Waals surface area contributed by atoms with Crippen LogP contribution in [0.15, 0.2) is 54.6 Å². The summed E-state index contributed by atoms with van der Waals surface area (Å²) in [5, 5.41) is 2.84. The SMILES string of the molecule is CC1c2ccccc2C(=O)N1CCC(=O)Nc1ccccc1. The Bertz CT molecular complexity index is 697. The molecular formula is C18H18N2O2. The van der Waals surface area contributed by atoms with Crippen LogP contribution < -0.4 is 5.32 Å². The molecule has 112 valence electrons. The van der Waals surface area contributed by atoms with Crippen molar-refractivity contribution in [3.05, 3.63) is 65.7 Å². The topological polar surface area (TPSA) is 49.4 Å². The molecule has 0 fully saturated rings. The zero-order chi connectivity index (χ0) is 15.5. The maximum atomic E-state index is 12.4. The zero-order valence-corrected chi connectivity index (χ0v) is 12.5. The molecule has 0 aliphatic carbocycles. The number of carbonyl (C=O) groups excluding carboxylic acids is 2. The van der Waals surface area contributed by atoms with Gasteiger partial charge < -0.3 is 10.2 Å². The molecule has 1 heterocycles. The third-order valence-electron chi connectivity index (χ3n) is 4.01. The molecule has 1 N–H and O–H groups in total. The molecule has 1 aliphatic rings. The molecule has 4 nitrogen and oxygen atoms in total. The summed E-state index contributed by atoms with van der Waals surface area (Å²) in [5.74, 6) is -0.0715. The molecule has 1 unspecified atom stereocenters. The summed E-state index contributed by atoms with van der Waals surface area (Å²) in [4.78, 5) is 26.1. The molecule has 0 spiro atoms. The first-order valence-corrected chi connectivity index (χ1v) is 7.41. The van der Waals surface area contributed by atoms with Crippen LogP contribution in [-0.2, 0) is 4.79 Å². The van der Waals surface area contributed by atoms with Crippen LogP contribution in [0.2, 0.25) is 0 Å². The molecule has 2 aromatic carbocycles. The van der Waals surface area contributed by atoms with E-state index in [0.29, 0.717) is 13.0 Å². The molecule has 0 aromatic heterocycles. The lowest BCUT2D eigenvalue weighted by Crippen LogP contribution is -2.30. The quantitative estimate of drug-likeness (QED) is 0.941. The first-order chi connectivity index (χ1) is 10.7. The van der Waals surface area contributed by atoms with Gasteiger partial charge >= 0.3 is 0 Å². The van der Waals surface area contributed by atoms with Crippen LogP contribution in [0.1, 0.15) is 35.3 Å². The van der Waals surface area contributed by atoms with E-state index >= 15 is 0 Å². The molecule has 1 atom stereocenters. The van der Waals surface area contributed by atoms with Gasteiger partial charge in [-0.25, -0.2) is 0 Å². The summed E-state index contributed by atoms with van der Waals surface area (Å²) >= 11 is 0. The molecule has 3 rings (SSSR count). The van der Waals surface area contributed by atoms with Gasteiger partial charge in [0.25, 0.3) is 5.91 Å². The third-order valence-corrected chi connectivity index (χ3v) is 4.01. The van der Waals surface area contributed by atoms with Gasteiger partial charge in [0.1, 0.15) is 0 Å². The highest BCUT2D eigenvalue weighted by molar-refractivity contribution is 5.99. The van der Waals surface area contributed by atoms with Crippen molar-refractivity contribution < 1.29 is 9.59 Å². The van der Waals surface area contributed by atoms with Crippen LogP contribution in [0.5, 0.6) is 0 Å². The Morgan fingerprint density at radius 3 is 2.50 bits per heavy atom. The Kier molecular flexibility index (Phi) is 3.92. The molecule has 0 radical (unpaired) electrons. The minimum Gasteiger partial charge on any atom is -0.331 e. The third kappa shape index (κ3) is 2.72. The highest BCUT2D eigenvalue weighted by Gasteiger charge is 2.33. The Morgan fingerprint density at radius 2 is 1.77 bits per heavy atom. The highest BCUT2D eigenvalue weighted by atomic mass is 16.2. The minimum absolute atomic E-state index is 0.00983. The molecule has 1 aliphatic heterocycles. The summed E-state index contributed by atoms with van der Waals surface area (Å²) in [7, 11) is 0. The summed E-state index contributed by atoms with van der Waals surface area (Å²) in [6.07, 6.45) is 0.291. The van der Waals surface area contributed by atoms with Crippen LogP contribution in [0.3, 0.4) is 0 Å². The van der Waals surface area contributed by atoms with E-state index < -0.39 is 0 Å². The number of hydrogen-bond acceptors (Lipinski definition) is 2. The van der Waals surface area contributed by atoms with Gasteiger partial charge in [-0.1, -0.05) is 36.4 Å². The van der Waals surface area contributed by atoms with Crippen molar-refractivity contribution in [3.63, 3.8) is 0 Å². The molecule has 22 heavy (non-hydrogen) atoms. The van der Waals surface area contributed by atoms with Crippen LogP contribution in [0.4, 0.5) is 5.69 Å². The van der Waals surface area contributed by atoms with Gasteiger partial charge in [0.2, 0.25) is 5.91 Å². The molecule has 2 aromatic rings. The fourth-order valence-corrected chi connectivity index (χ4v) is 2.82. The fraction of sp³-hybridized carbons (Fsp3) is 0.222. The van der Waals surface area contributed by atoms with Crippen molar-refractivity contribution in [3.8, 4) is 0 Å². The van der Waals surface area contributed by atoms with Crippen LogP contribution in [0.25, 0.3) is 0 Å². The van der Waals surface area contributed by atoms with E-state index in [4.69, 9.17) is 0 Å². The number of para-hydroxylation sites is 1. The Labute approximate surface area is 129 Å². The van der Waals surface area contributed by atoms with Gasteiger partial charge in [0.15, 0.2) is 0 Å². The van der Waals surface area contributed by atoms with Crippen molar-refractivity contribution in [2.45, 2.75) is 19.4 Å². The maximum Gasteiger partial charge on any atom is 0.254 e. The van der Waals surface area contributed by atoms with Gasteiger partial charge in [-0.3, -0.25) is 9.59 Å². The average Bonchev–Trinajstić information content (AvgIpc) is 2.78. The lowest BCUT2D eigenvalue weighted by atomic mass is 10.1. The largest absolute Gasteiger partial charge is 0.331 e. The molecule has 4 heteroatoms. The van der Waals surface area contributed by atoms with Gasteiger partial charge in [0, 0.05) is 24.2 Å². The van der Waals surface area contributed by atoms with Crippen molar-refractivity contribution >= 4 is 17.5 Å². The summed E-state index contributed by atoms with van der Waals surface area (Å²) in [5.41, 5.74) is 2.56. The second kappa shape index (κ2) is 6.02. The molecule has 2 amide bonds. The Morgan fingerprint density at radius 1 is 1.09 bits per heavy atom. The predicted molar refractivity (Wildman–Crippen MR) is 85.6 cm³/mol. The van der Waals surface area contributed by atoms with Crippen molar-refractivity contribution in [1.29, 1.82) is 0 Å². The molecule has 0 saturated heterocycles. The van der Waals surface area contributed by atoms with Gasteiger partial charge in [-0.15, -0.1) is 0 Å². The van der Waals surface area contributed by atoms with Crippen LogP contribution >= 0.6 is 0 Å². The second-order valence-corrected chi connectivity index (χ2v) is 5.43. The van der Waals surface area contributed by atoms with E-state index in [1.54, 1.807) is 4.90 Å². The first kappa shape index (κ1) is 14.3. The number of hydrogen-bond donors (Lipinski definition) is 1. The number of rotatable bonds is 4. The molecule has 0 bridgehead atoms. The summed E-state index contributed by atoms with van der Waals surface area (Å²) in [6, 6.07) is 17.0. The number of amides is 2. The van der Waals surface area contributed by atoms with E-state index in [9.17, 15) is 9.59 Å². The lowest BCUT2D eigenvalue weighted by molar-refractivity contribution is -0.116. The molecular weight excluding hydrogens is 276 g/mol. The molecule has 0 saturated carbocycles.